The van der Waals surface area contributed by atoms with Gasteiger partial charge in [0.05, 0.1) is 26.1 Å². The molecule has 0 aromatic heterocycles. The average Bonchev–Trinajstić information content (AvgIpc) is 3.30. The number of quaternary nitrogens is 1. The number of hydroxylamine groups is 4. The quantitative estimate of drug-likeness (QED) is 0.140. The lowest BCUT2D eigenvalue weighted by atomic mass is 9.94. The van der Waals surface area contributed by atoms with Crippen molar-refractivity contribution in [3.63, 3.8) is 0 Å². The molecular weight excluding hydrogens is 482 g/mol. The van der Waals surface area contributed by atoms with Gasteiger partial charge in [-0.05, 0) is 0 Å². The Hall–Kier alpha value is -2.97. The van der Waals surface area contributed by atoms with Crippen LogP contribution in [0.5, 0.6) is 0 Å². The highest BCUT2D eigenvalue weighted by molar-refractivity contribution is 6.02. The topological polar surface area (TPSA) is 127 Å². The van der Waals surface area contributed by atoms with Crippen LogP contribution in [0.2, 0.25) is 0 Å². The van der Waals surface area contributed by atoms with Gasteiger partial charge >= 0.3 is 11.9 Å². The van der Waals surface area contributed by atoms with E-state index in [9.17, 15) is 28.8 Å². The highest BCUT2D eigenvalue weighted by Crippen LogP contribution is 2.28. The lowest BCUT2D eigenvalue weighted by Crippen LogP contribution is -3.00. The van der Waals surface area contributed by atoms with Crippen LogP contribution in [0.3, 0.4) is 0 Å². The summed E-state index contributed by atoms with van der Waals surface area (Å²) in [5, 5.41) is 1.07. The van der Waals surface area contributed by atoms with E-state index in [2.05, 4.69) is 5.92 Å². The van der Waals surface area contributed by atoms with Gasteiger partial charge in [0.2, 0.25) is 0 Å². The summed E-state index contributed by atoms with van der Waals surface area (Å²) < 4.78 is 0.544. The van der Waals surface area contributed by atoms with Gasteiger partial charge in [0.1, 0.15) is 0 Å². The van der Waals surface area contributed by atoms with Gasteiger partial charge in [-0.2, -0.15) is 0 Å². The molecule has 3 saturated heterocycles. The molecule has 3 aliphatic rings. The van der Waals surface area contributed by atoms with Gasteiger partial charge in [-0.1, -0.05) is 0 Å². The van der Waals surface area contributed by atoms with Gasteiger partial charge in [-0.3, -0.25) is 19.2 Å². The van der Waals surface area contributed by atoms with E-state index >= 15 is 0 Å². The van der Waals surface area contributed by atoms with Gasteiger partial charge < -0.3 is 26.6 Å². The molecule has 35 heavy (non-hydrogen) atoms. The van der Waals surface area contributed by atoms with Crippen molar-refractivity contribution in [1.29, 1.82) is 0 Å². The first kappa shape index (κ1) is 28.3. The standard InChI is InChI=1S/C23H29N3O8.ClH/c1-2-17-11-15-26(16-12-17,13-3-5-22(31)33-24-18(27)7-8-19(24)28)14-4-6-23(32)34-25-20(29)9-10-21(25)30;/h1,13,17H,3-12,14-16H2;1H/p-1. The maximum atomic E-state index is 12.1. The third-order valence-electron chi connectivity index (χ3n) is 6.33. The Bertz CT molecular complexity index is 817. The van der Waals surface area contributed by atoms with Crippen LogP contribution in [0.1, 0.15) is 64.2 Å². The van der Waals surface area contributed by atoms with Crippen LogP contribution in [0.15, 0.2) is 0 Å². The van der Waals surface area contributed by atoms with E-state index in [0.29, 0.717) is 34.0 Å². The fourth-order valence-corrected chi connectivity index (χ4v) is 4.35. The molecule has 4 amide bonds. The zero-order chi connectivity index (χ0) is 24.7. The van der Waals surface area contributed by atoms with Crippen LogP contribution in [0.25, 0.3) is 0 Å². The number of nitrogens with zero attached hydrogens (tertiary/aromatic N) is 3. The average molecular weight is 511 g/mol. The van der Waals surface area contributed by atoms with Gasteiger partial charge in [-0.25, -0.2) is 9.59 Å². The molecule has 3 heterocycles. The van der Waals surface area contributed by atoms with Crippen molar-refractivity contribution in [2.24, 2.45) is 5.92 Å². The Kier molecular flexibility index (Phi) is 10.2. The Morgan fingerprint density at radius 1 is 0.886 bits per heavy atom. The van der Waals surface area contributed by atoms with E-state index < -0.39 is 35.6 Å². The number of carbonyl (C=O) groups excluding carboxylic acids is 6. The van der Waals surface area contributed by atoms with E-state index in [-0.39, 0.29) is 56.8 Å². The molecule has 0 spiro atoms. The second-order valence-corrected chi connectivity index (χ2v) is 8.75. The monoisotopic (exact) mass is 510 g/mol. The minimum Gasteiger partial charge on any atom is -1.00 e. The molecule has 0 aromatic rings. The van der Waals surface area contributed by atoms with Crippen molar-refractivity contribution >= 4 is 35.6 Å². The molecule has 0 unspecified atom stereocenters. The summed E-state index contributed by atoms with van der Waals surface area (Å²) in [5.74, 6) is -0.443. The smallest absolute Gasteiger partial charge is 0.333 e. The third-order valence-corrected chi connectivity index (χ3v) is 6.33. The number of hydrogen-bond donors (Lipinski definition) is 0. The molecule has 11 nitrogen and oxygen atoms in total. The first-order valence-corrected chi connectivity index (χ1v) is 11.5. The number of piperidine rings is 1. The minimum atomic E-state index is -0.667. The number of carbonyl (C=O) groups is 6. The van der Waals surface area contributed by atoms with E-state index in [1.807, 2.05) is 6.54 Å². The Morgan fingerprint density at radius 3 is 1.80 bits per heavy atom. The first-order chi connectivity index (χ1) is 16.2. The molecule has 0 aliphatic carbocycles. The van der Waals surface area contributed by atoms with Crippen LogP contribution in [-0.2, 0) is 38.4 Å². The van der Waals surface area contributed by atoms with Gasteiger partial charge in [0, 0.05) is 57.3 Å². The minimum absolute atomic E-state index is 0. The SMILES string of the molecule is C#CC1CC[N+]([CH-]CCC(=O)ON2C(=O)CCC2=O)(CCCC(=O)ON2C(=O)CCC2=O)CC1.[Cl-]. The lowest BCUT2D eigenvalue weighted by Gasteiger charge is -2.51. The molecule has 12 heteroatoms. The highest BCUT2D eigenvalue weighted by Gasteiger charge is 2.34. The highest BCUT2D eigenvalue weighted by atomic mass is 35.5. The molecule has 3 rings (SSSR count). The fourth-order valence-electron chi connectivity index (χ4n) is 4.35. The van der Waals surface area contributed by atoms with Crippen LogP contribution in [0.4, 0.5) is 0 Å². The second-order valence-electron chi connectivity index (χ2n) is 8.75. The number of imide groups is 2. The van der Waals surface area contributed by atoms with Crippen molar-refractivity contribution in [3.8, 4) is 12.3 Å². The maximum Gasteiger partial charge on any atom is 0.333 e. The molecule has 3 fully saturated rings. The summed E-state index contributed by atoms with van der Waals surface area (Å²) in [4.78, 5) is 80.4. The maximum absolute atomic E-state index is 12.1. The zero-order valence-electron chi connectivity index (χ0n) is 19.4. The Balaban J connectivity index is 0.00000432. The van der Waals surface area contributed by atoms with Crippen molar-refractivity contribution < 1.29 is 55.3 Å². The number of likely N-dealkylation sites (tertiary alicyclic amines) is 1. The molecule has 0 radical (unpaired) electrons. The fraction of sp³-hybridized carbons (Fsp3) is 0.609. The predicted octanol–water partition coefficient (Wildman–Crippen LogP) is -2.21. The van der Waals surface area contributed by atoms with E-state index in [0.717, 1.165) is 25.9 Å². The van der Waals surface area contributed by atoms with E-state index in [1.165, 1.54) is 0 Å². The predicted molar refractivity (Wildman–Crippen MR) is 114 cm³/mol. The van der Waals surface area contributed by atoms with Crippen molar-refractivity contribution in [3.05, 3.63) is 6.54 Å². The first-order valence-electron chi connectivity index (χ1n) is 11.5. The number of halogens is 1. The third kappa shape index (κ3) is 7.50. The molecule has 0 N–H and O–H groups in total. The largest absolute Gasteiger partial charge is 1.00 e. The molecular formula is C23H29ClN3O8-. The van der Waals surface area contributed by atoms with Crippen LogP contribution in [0, 0.1) is 24.8 Å². The van der Waals surface area contributed by atoms with E-state index in [1.54, 1.807) is 0 Å². The molecule has 192 valence electrons. The number of terminal acetylenes is 1. The van der Waals surface area contributed by atoms with Gasteiger partial charge in [-0.15, -0.1) is 35.4 Å². The van der Waals surface area contributed by atoms with Gasteiger partial charge in [0.25, 0.3) is 23.6 Å². The molecule has 3 aliphatic heterocycles. The summed E-state index contributed by atoms with van der Waals surface area (Å²) in [6, 6.07) is 0. The number of amides is 4. The molecule has 0 saturated carbocycles. The number of hydrogen-bond acceptors (Lipinski definition) is 8. The summed E-state index contributed by atoms with van der Waals surface area (Å²) in [7, 11) is 0. The lowest BCUT2D eigenvalue weighted by molar-refractivity contribution is -0.906. The molecule has 0 aromatic carbocycles. The van der Waals surface area contributed by atoms with Crippen LogP contribution in [-0.4, -0.2) is 69.8 Å². The van der Waals surface area contributed by atoms with Crippen molar-refractivity contribution in [2.75, 3.05) is 19.6 Å². The Morgan fingerprint density at radius 2 is 1.34 bits per heavy atom. The molecule has 0 bridgehead atoms. The summed E-state index contributed by atoms with van der Waals surface area (Å²) in [6.45, 7) is 4.06. The second kappa shape index (κ2) is 12.7. The van der Waals surface area contributed by atoms with Crippen molar-refractivity contribution in [2.45, 2.75) is 64.2 Å². The van der Waals surface area contributed by atoms with Crippen LogP contribution < -0.4 is 12.4 Å². The Labute approximate surface area is 209 Å². The molecule has 0 atom stereocenters. The van der Waals surface area contributed by atoms with E-state index in [4.69, 9.17) is 16.1 Å². The summed E-state index contributed by atoms with van der Waals surface area (Å²) in [5.41, 5.74) is 0. The van der Waals surface area contributed by atoms with Crippen molar-refractivity contribution in [1.82, 2.24) is 10.1 Å². The summed E-state index contributed by atoms with van der Waals surface area (Å²) >= 11 is 0. The van der Waals surface area contributed by atoms with Gasteiger partial charge in [0.15, 0.2) is 0 Å². The van der Waals surface area contributed by atoms with Crippen LogP contribution >= 0.6 is 0 Å². The summed E-state index contributed by atoms with van der Waals surface area (Å²) in [6.07, 6.45) is 8.17. The zero-order valence-corrected chi connectivity index (χ0v) is 20.2. The normalized spacial score (nSPS) is 24.3. The number of rotatable bonds is 10.